The Morgan fingerprint density at radius 1 is 1.45 bits per heavy atom. The van der Waals surface area contributed by atoms with Crippen LogP contribution >= 0.6 is 0 Å². The van der Waals surface area contributed by atoms with Gasteiger partial charge in [-0.3, -0.25) is 0 Å². The van der Waals surface area contributed by atoms with Gasteiger partial charge in [-0.05, 0) is 25.1 Å². The first-order chi connectivity index (χ1) is 9.71. The molecule has 0 amide bonds. The lowest BCUT2D eigenvalue weighted by atomic mass is 10.1. The first-order valence-corrected chi connectivity index (χ1v) is 6.24. The van der Waals surface area contributed by atoms with Crippen molar-refractivity contribution < 1.29 is 19.0 Å². The third-order valence-electron chi connectivity index (χ3n) is 2.37. The monoisotopic (exact) mass is 275 g/mol. The number of nitriles is 1. The first-order valence-electron chi connectivity index (χ1n) is 6.24. The Balaban J connectivity index is 2.71. The Kier molecular flexibility index (Phi) is 6.69. The fourth-order valence-corrected chi connectivity index (χ4v) is 1.49. The van der Waals surface area contributed by atoms with E-state index in [0.717, 1.165) is 5.56 Å². The van der Waals surface area contributed by atoms with Crippen molar-refractivity contribution in [2.75, 3.05) is 20.3 Å². The Hall–Kier alpha value is -2.48. The second-order valence-electron chi connectivity index (χ2n) is 3.75. The largest absolute Gasteiger partial charge is 0.496 e. The van der Waals surface area contributed by atoms with Crippen molar-refractivity contribution in [3.05, 3.63) is 29.8 Å². The zero-order valence-corrected chi connectivity index (χ0v) is 11.6. The zero-order chi connectivity index (χ0) is 14.8. The summed E-state index contributed by atoms with van der Waals surface area (Å²) in [6.45, 7) is 2.57. The van der Waals surface area contributed by atoms with E-state index in [1.807, 2.05) is 13.0 Å². The van der Waals surface area contributed by atoms with E-state index >= 15 is 0 Å². The van der Waals surface area contributed by atoms with Gasteiger partial charge < -0.3 is 14.2 Å². The normalized spacial score (nSPS) is 10.1. The van der Waals surface area contributed by atoms with Gasteiger partial charge in [-0.15, -0.1) is 0 Å². The molecule has 5 nitrogen and oxygen atoms in total. The maximum absolute atomic E-state index is 11.4. The average molecular weight is 275 g/mol. The van der Waals surface area contributed by atoms with E-state index in [9.17, 15) is 4.79 Å². The van der Waals surface area contributed by atoms with Gasteiger partial charge in [-0.1, -0.05) is 0 Å². The van der Waals surface area contributed by atoms with Crippen molar-refractivity contribution in [3.63, 3.8) is 0 Å². The van der Waals surface area contributed by atoms with Crippen LogP contribution in [0.2, 0.25) is 0 Å². The lowest BCUT2D eigenvalue weighted by Crippen LogP contribution is -2.01. The minimum atomic E-state index is -0.490. The summed E-state index contributed by atoms with van der Waals surface area (Å²) in [6, 6.07) is 7.25. The van der Waals surface area contributed by atoms with Crippen molar-refractivity contribution in [2.24, 2.45) is 0 Å². The van der Waals surface area contributed by atoms with Gasteiger partial charge in [0.25, 0.3) is 0 Å². The molecule has 0 atom stereocenters. The molecule has 0 saturated carbocycles. The standard InChI is InChI=1S/C15H17NO4/c1-3-19-13-7-5-12(14(11-13)18-2)6-8-15(17)20-10-4-9-16/h5-8,11H,3-4,10H2,1-2H3/b8-6+. The molecule has 0 aromatic heterocycles. The lowest BCUT2D eigenvalue weighted by molar-refractivity contribution is -0.137. The topological polar surface area (TPSA) is 68.5 Å². The van der Waals surface area contributed by atoms with E-state index in [4.69, 9.17) is 19.5 Å². The van der Waals surface area contributed by atoms with Crippen LogP contribution in [0.5, 0.6) is 11.5 Å². The number of nitrogens with zero attached hydrogens (tertiary/aromatic N) is 1. The summed E-state index contributed by atoms with van der Waals surface area (Å²) in [7, 11) is 1.55. The van der Waals surface area contributed by atoms with Gasteiger partial charge in [-0.2, -0.15) is 5.26 Å². The van der Waals surface area contributed by atoms with Crippen LogP contribution in [0.1, 0.15) is 18.9 Å². The maximum Gasteiger partial charge on any atom is 0.330 e. The molecule has 0 aliphatic rings. The first kappa shape index (κ1) is 15.6. The molecular formula is C15H17NO4. The van der Waals surface area contributed by atoms with Crippen LogP contribution in [0.25, 0.3) is 6.08 Å². The number of rotatable bonds is 7. The van der Waals surface area contributed by atoms with E-state index in [0.29, 0.717) is 18.1 Å². The Morgan fingerprint density at radius 2 is 2.25 bits per heavy atom. The highest BCUT2D eigenvalue weighted by molar-refractivity contribution is 5.87. The third-order valence-corrected chi connectivity index (χ3v) is 2.37. The highest BCUT2D eigenvalue weighted by atomic mass is 16.5. The van der Waals surface area contributed by atoms with Crippen molar-refractivity contribution in [3.8, 4) is 17.6 Å². The lowest BCUT2D eigenvalue weighted by Gasteiger charge is -2.08. The molecule has 5 heteroatoms. The number of carbonyl (C=O) groups is 1. The molecule has 0 fully saturated rings. The van der Waals surface area contributed by atoms with E-state index in [1.165, 1.54) is 6.08 Å². The van der Waals surface area contributed by atoms with Crippen LogP contribution in [0, 0.1) is 11.3 Å². The summed E-state index contributed by atoms with van der Waals surface area (Å²) in [4.78, 5) is 11.4. The van der Waals surface area contributed by atoms with E-state index in [1.54, 1.807) is 31.4 Å². The van der Waals surface area contributed by atoms with Crippen LogP contribution in [0.3, 0.4) is 0 Å². The van der Waals surface area contributed by atoms with Crippen molar-refractivity contribution in [2.45, 2.75) is 13.3 Å². The summed E-state index contributed by atoms with van der Waals surface area (Å²) in [6.07, 6.45) is 3.09. The van der Waals surface area contributed by atoms with E-state index < -0.39 is 5.97 Å². The SMILES string of the molecule is CCOc1ccc(/C=C/C(=O)OCCC#N)c(OC)c1. The number of ether oxygens (including phenoxy) is 3. The predicted molar refractivity (Wildman–Crippen MR) is 74.4 cm³/mol. The number of carbonyl (C=O) groups excluding carboxylic acids is 1. The van der Waals surface area contributed by atoms with Gasteiger partial charge in [0, 0.05) is 17.7 Å². The van der Waals surface area contributed by atoms with Crippen molar-refractivity contribution >= 4 is 12.0 Å². The molecule has 0 spiro atoms. The third kappa shape index (κ3) is 5.02. The van der Waals surface area contributed by atoms with Gasteiger partial charge >= 0.3 is 5.97 Å². The fourth-order valence-electron chi connectivity index (χ4n) is 1.49. The maximum atomic E-state index is 11.4. The molecule has 1 aromatic rings. The smallest absolute Gasteiger partial charge is 0.330 e. The Labute approximate surface area is 118 Å². The predicted octanol–water partition coefficient (Wildman–Crippen LogP) is 2.56. The molecular weight excluding hydrogens is 258 g/mol. The van der Waals surface area contributed by atoms with Crippen LogP contribution in [0.15, 0.2) is 24.3 Å². The average Bonchev–Trinajstić information content (AvgIpc) is 2.46. The minimum Gasteiger partial charge on any atom is -0.496 e. The second kappa shape index (κ2) is 8.59. The minimum absolute atomic E-state index is 0.0973. The molecule has 0 aliphatic carbocycles. The molecule has 0 heterocycles. The Morgan fingerprint density at radius 3 is 2.90 bits per heavy atom. The van der Waals surface area contributed by atoms with E-state index in [2.05, 4.69) is 0 Å². The summed E-state index contributed by atoms with van der Waals surface area (Å²) in [5.74, 6) is 0.825. The number of esters is 1. The number of benzene rings is 1. The van der Waals surface area contributed by atoms with Crippen LogP contribution in [-0.2, 0) is 9.53 Å². The van der Waals surface area contributed by atoms with Gasteiger partial charge in [-0.25, -0.2) is 4.79 Å². The highest BCUT2D eigenvalue weighted by Crippen LogP contribution is 2.25. The molecule has 0 saturated heterocycles. The number of hydrogen-bond donors (Lipinski definition) is 0. The molecule has 0 bridgehead atoms. The molecule has 106 valence electrons. The van der Waals surface area contributed by atoms with Gasteiger partial charge in [0.15, 0.2) is 0 Å². The quantitative estimate of drug-likeness (QED) is 0.434. The highest BCUT2D eigenvalue weighted by Gasteiger charge is 2.03. The van der Waals surface area contributed by atoms with Crippen LogP contribution < -0.4 is 9.47 Å². The van der Waals surface area contributed by atoms with Gasteiger partial charge in [0.1, 0.15) is 18.1 Å². The summed E-state index contributed by atoms with van der Waals surface area (Å²) in [5.41, 5.74) is 0.744. The molecule has 0 N–H and O–H groups in total. The molecule has 0 aliphatic heterocycles. The van der Waals surface area contributed by atoms with E-state index in [-0.39, 0.29) is 13.0 Å². The molecule has 1 aromatic carbocycles. The summed E-state index contributed by atoms with van der Waals surface area (Å²) in [5, 5.41) is 8.34. The molecule has 1 rings (SSSR count). The van der Waals surface area contributed by atoms with Crippen LogP contribution in [-0.4, -0.2) is 26.3 Å². The molecule has 20 heavy (non-hydrogen) atoms. The second-order valence-corrected chi connectivity index (χ2v) is 3.75. The van der Waals surface area contributed by atoms with Gasteiger partial charge in [0.05, 0.1) is 26.2 Å². The van der Waals surface area contributed by atoms with Crippen molar-refractivity contribution in [1.29, 1.82) is 5.26 Å². The number of methoxy groups -OCH3 is 1. The number of hydrogen-bond acceptors (Lipinski definition) is 5. The van der Waals surface area contributed by atoms with Crippen LogP contribution in [0.4, 0.5) is 0 Å². The van der Waals surface area contributed by atoms with Gasteiger partial charge in [0.2, 0.25) is 0 Å². The zero-order valence-electron chi connectivity index (χ0n) is 11.6. The molecule has 0 radical (unpaired) electrons. The summed E-state index contributed by atoms with van der Waals surface area (Å²) < 4.78 is 15.4. The summed E-state index contributed by atoms with van der Waals surface area (Å²) >= 11 is 0. The fraction of sp³-hybridized carbons (Fsp3) is 0.333. The van der Waals surface area contributed by atoms with Crippen molar-refractivity contribution in [1.82, 2.24) is 0 Å². The Bertz CT molecular complexity index is 517. The molecule has 0 unspecified atom stereocenters.